The molecule has 0 spiro atoms. The van der Waals surface area contributed by atoms with Crippen LogP contribution in [0.15, 0.2) is 4.79 Å². The normalized spacial score (nSPS) is 28.9. The molecule has 0 aliphatic carbocycles. The van der Waals surface area contributed by atoms with Crippen LogP contribution in [0, 0.1) is 6.92 Å². The summed E-state index contributed by atoms with van der Waals surface area (Å²) in [4.78, 5) is 63.7. The van der Waals surface area contributed by atoms with E-state index in [0.717, 1.165) is 4.57 Å². The lowest BCUT2D eigenvalue weighted by atomic mass is 10.1. The van der Waals surface area contributed by atoms with E-state index < -0.39 is 60.2 Å². The first kappa shape index (κ1) is 26.1. The van der Waals surface area contributed by atoms with Gasteiger partial charge >= 0.3 is 0 Å². The number of aromatic amines is 1. The molecule has 0 amide bonds. The maximum Gasteiger partial charge on any atom is 0.280 e. The number of phosphoric acid groups is 3. The molecule has 186 valence electrons. The van der Waals surface area contributed by atoms with Gasteiger partial charge in [-0.1, -0.05) is 0 Å². The number of nitrogens with zero attached hydrogens (tertiary/aromatic N) is 3. The topological polar surface area (TPSA) is 308 Å². The van der Waals surface area contributed by atoms with Crippen LogP contribution in [0.4, 0.5) is 5.95 Å². The monoisotopic (exact) mass is 534 g/mol. The molecule has 33 heavy (non-hydrogen) atoms. The Labute approximate surface area is 182 Å². The zero-order valence-electron chi connectivity index (χ0n) is 16.1. The number of phosphoric ester groups is 1. The second kappa shape index (κ2) is 8.90. The Balaban J connectivity index is 1.77. The largest absolute Gasteiger partial charge is 0.756 e. The summed E-state index contributed by atoms with van der Waals surface area (Å²) in [7, 11) is -17.9. The van der Waals surface area contributed by atoms with Gasteiger partial charge in [0, 0.05) is 0 Å². The highest BCUT2D eigenvalue weighted by molar-refractivity contribution is 7.65. The third kappa shape index (κ3) is 5.93. The molecule has 3 heterocycles. The molecule has 2 aromatic heterocycles. The molecule has 22 heteroatoms. The van der Waals surface area contributed by atoms with E-state index in [4.69, 9.17) is 15.4 Å². The molecule has 0 aromatic carbocycles. The smallest absolute Gasteiger partial charge is 0.280 e. The average Bonchev–Trinajstić information content (AvgIpc) is 3.07. The molecule has 3 rings (SSSR count). The molecule has 6 N–H and O–H groups in total. The fourth-order valence-electron chi connectivity index (χ4n) is 2.95. The first-order chi connectivity index (χ1) is 15.0. The number of H-pyrrole nitrogens is 1. The Hall–Kier alpha value is -1.56. The Morgan fingerprint density at radius 1 is 1.15 bits per heavy atom. The van der Waals surface area contributed by atoms with Crippen molar-refractivity contribution in [3.63, 3.8) is 0 Å². The molecular formula is C11H15N5O14P3-3. The van der Waals surface area contributed by atoms with Crippen molar-refractivity contribution in [2.24, 2.45) is 0 Å². The summed E-state index contributed by atoms with van der Waals surface area (Å²) in [5.74, 6) is -0.194. The maximum atomic E-state index is 12.0. The van der Waals surface area contributed by atoms with E-state index in [1.165, 1.54) is 6.92 Å². The SMILES string of the molecule is Cc1nc2c(=O)[nH]c(N)nc2n1[C@@H]1O[C@H](COP(=O)([O-])OP(=O)([O-])OP(=O)([O-])O)C(O)C1O. The van der Waals surface area contributed by atoms with Crippen LogP contribution in [-0.2, 0) is 31.6 Å². The Kier molecular flexibility index (Phi) is 7.03. The first-order valence-corrected chi connectivity index (χ1v) is 12.9. The third-order valence-electron chi connectivity index (χ3n) is 4.14. The number of imidazole rings is 1. The fourth-order valence-corrected chi connectivity index (χ4v) is 5.84. The van der Waals surface area contributed by atoms with Crippen LogP contribution in [-0.4, -0.2) is 59.5 Å². The Morgan fingerprint density at radius 2 is 1.79 bits per heavy atom. The van der Waals surface area contributed by atoms with Crippen molar-refractivity contribution in [2.75, 3.05) is 12.3 Å². The van der Waals surface area contributed by atoms with E-state index in [9.17, 15) is 43.4 Å². The summed E-state index contributed by atoms with van der Waals surface area (Å²) in [6, 6.07) is 0. The summed E-state index contributed by atoms with van der Waals surface area (Å²) >= 11 is 0. The highest BCUT2D eigenvalue weighted by atomic mass is 31.3. The van der Waals surface area contributed by atoms with E-state index in [1.54, 1.807) is 0 Å². The Bertz CT molecular complexity index is 1260. The fraction of sp³-hybridized carbons (Fsp3) is 0.545. The van der Waals surface area contributed by atoms with Gasteiger partial charge in [-0.3, -0.25) is 28.0 Å². The number of fused-ring (bicyclic) bond motifs is 1. The number of rotatable bonds is 8. The minimum absolute atomic E-state index is 0.0970. The quantitative estimate of drug-likeness (QED) is 0.202. The van der Waals surface area contributed by atoms with E-state index in [0.29, 0.717) is 0 Å². The lowest BCUT2D eigenvalue weighted by molar-refractivity contribution is -0.250. The number of nitrogens with two attached hydrogens (primary N) is 1. The van der Waals surface area contributed by atoms with Gasteiger partial charge in [-0.15, -0.1) is 0 Å². The van der Waals surface area contributed by atoms with Gasteiger partial charge in [0.1, 0.15) is 24.1 Å². The number of aliphatic hydroxyl groups excluding tert-OH is 2. The predicted octanol–water partition coefficient (Wildman–Crippen LogP) is -3.92. The number of ether oxygens (including phenoxy) is 1. The number of aromatic nitrogens is 4. The molecular weight excluding hydrogens is 519 g/mol. The number of hydrogen-bond donors (Lipinski definition) is 5. The number of hydrogen-bond acceptors (Lipinski definition) is 16. The Morgan fingerprint density at radius 3 is 2.39 bits per heavy atom. The molecule has 5 unspecified atom stereocenters. The highest BCUT2D eigenvalue weighted by Gasteiger charge is 2.45. The summed E-state index contributed by atoms with van der Waals surface area (Å²) in [6.07, 6.45) is -6.61. The van der Waals surface area contributed by atoms with Gasteiger partial charge in [0.05, 0.1) is 6.61 Å². The van der Waals surface area contributed by atoms with Crippen molar-refractivity contribution in [1.82, 2.24) is 19.5 Å². The van der Waals surface area contributed by atoms with Crippen molar-refractivity contribution in [1.29, 1.82) is 0 Å². The molecule has 1 saturated heterocycles. The van der Waals surface area contributed by atoms with E-state index >= 15 is 0 Å². The second-order valence-corrected chi connectivity index (χ2v) is 10.8. The summed E-state index contributed by atoms with van der Waals surface area (Å²) < 4.78 is 50.7. The van der Waals surface area contributed by atoms with Gasteiger partial charge in [0.2, 0.25) is 5.95 Å². The van der Waals surface area contributed by atoms with Gasteiger partial charge in [-0.25, -0.2) is 13.6 Å². The van der Waals surface area contributed by atoms with E-state index in [-0.39, 0.29) is 22.9 Å². The predicted molar refractivity (Wildman–Crippen MR) is 96.4 cm³/mol. The lowest BCUT2D eigenvalue weighted by Crippen LogP contribution is -2.34. The van der Waals surface area contributed by atoms with Crippen LogP contribution < -0.4 is 26.0 Å². The number of aryl methyl sites for hydroxylation is 1. The van der Waals surface area contributed by atoms with Gasteiger partial charge in [0.15, 0.2) is 17.4 Å². The van der Waals surface area contributed by atoms with Crippen molar-refractivity contribution >= 4 is 40.6 Å². The van der Waals surface area contributed by atoms with Crippen molar-refractivity contribution in [2.45, 2.75) is 31.5 Å². The van der Waals surface area contributed by atoms with Crippen LogP contribution in [0.1, 0.15) is 12.1 Å². The van der Waals surface area contributed by atoms with Gasteiger partial charge in [-0.2, -0.15) is 4.98 Å². The number of nitrogen functional groups attached to an aromatic ring is 1. The number of nitrogens with one attached hydrogen (secondary N) is 1. The minimum Gasteiger partial charge on any atom is -0.756 e. The molecule has 7 atom stereocenters. The van der Waals surface area contributed by atoms with Crippen molar-refractivity contribution in [3.8, 4) is 0 Å². The second-order valence-electron chi connectivity index (χ2n) is 6.52. The minimum atomic E-state index is -6.11. The molecule has 1 aliphatic rings. The first-order valence-electron chi connectivity index (χ1n) is 8.49. The standard InChI is InChI=1S/C11H18N5O14P3/c1-3-13-5-8(14-11(12)15-9(5)19)16(3)10-7(18)6(17)4(28-10)2-27-32(23,24)30-33(25,26)29-31(20,21)22/h4,6-7,10,17-18H,2H2,1H3,(H,23,24)(H,25,26)(H2,20,21,22)(H3,12,14,15,19)/p-3/t4-,6?,7?,10-/m1/s1. The maximum absolute atomic E-state index is 12.0. The van der Waals surface area contributed by atoms with Crippen LogP contribution in [0.2, 0.25) is 0 Å². The average molecular weight is 534 g/mol. The van der Waals surface area contributed by atoms with Gasteiger partial charge in [-0.05, 0) is 6.92 Å². The van der Waals surface area contributed by atoms with E-state index in [2.05, 4.69) is 28.1 Å². The van der Waals surface area contributed by atoms with Crippen molar-refractivity contribution in [3.05, 3.63) is 16.2 Å². The van der Waals surface area contributed by atoms with Gasteiger partial charge < -0.3 is 44.8 Å². The van der Waals surface area contributed by atoms with Crippen LogP contribution in [0.25, 0.3) is 11.2 Å². The zero-order valence-corrected chi connectivity index (χ0v) is 18.8. The molecule has 1 fully saturated rings. The van der Waals surface area contributed by atoms with Crippen LogP contribution in [0.5, 0.6) is 0 Å². The van der Waals surface area contributed by atoms with E-state index in [1.807, 2.05) is 0 Å². The van der Waals surface area contributed by atoms with Crippen molar-refractivity contribution < 1.29 is 61.4 Å². The third-order valence-corrected chi connectivity index (χ3v) is 7.83. The summed E-state index contributed by atoms with van der Waals surface area (Å²) in [6.45, 7) is 0.288. The van der Waals surface area contributed by atoms with Crippen LogP contribution in [0.3, 0.4) is 0 Å². The molecule has 0 radical (unpaired) electrons. The summed E-state index contributed by atoms with van der Waals surface area (Å²) in [5, 5.41) is 20.5. The summed E-state index contributed by atoms with van der Waals surface area (Å²) in [5.41, 5.74) is 4.50. The molecule has 19 nitrogen and oxygen atoms in total. The number of anilines is 1. The van der Waals surface area contributed by atoms with Gasteiger partial charge in [0.25, 0.3) is 29.0 Å². The highest BCUT2D eigenvalue weighted by Crippen LogP contribution is 2.61. The lowest BCUT2D eigenvalue weighted by Gasteiger charge is -2.33. The number of aliphatic hydroxyl groups is 2. The molecule has 2 aromatic rings. The molecule has 1 aliphatic heterocycles. The van der Waals surface area contributed by atoms with Crippen LogP contribution >= 0.6 is 23.5 Å². The molecule has 0 saturated carbocycles. The zero-order chi connectivity index (χ0) is 24.9. The molecule has 0 bridgehead atoms.